The first kappa shape index (κ1) is 21.6. The Morgan fingerprint density at radius 1 is 1.16 bits per heavy atom. The predicted molar refractivity (Wildman–Crippen MR) is 103 cm³/mol. The van der Waals surface area contributed by atoms with Gasteiger partial charge in [-0.2, -0.15) is 18.3 Å². The summed E-state index contributed by atoms with van der Waals surface area (Å²) in [6.45, 7) is 2.36. The van der Waals surface area contributed by atoms with Crippen LogP contribution in [-0.2, 0) is 9.59 Å². The second kappa shape index (κ2) is 7.50. The van der Waals surface area contributed by atoms with E-state index in [2.05, 4.69) is 10.4 Å². The number of carbonyl (C=O) groups is 3. The number of hydrogen-bond acceptors (Lipinski definition) is 6. The van der Waals surface area contributed by atoms with Gasteiger partial charge in [0.25, 0.3) is 0 Å². The van der Waals surface area contributed by atoms with E-state index in [1.165, 1.54) is 14.1 Å². The lowest BCUT2D eigenvalue weighted by Gasteiger charge is -2.35. The molecule has 31 heavy (non-hydrogen) atoms. The second-order valence-electron chi connectivity index (χ2n) is 8.52. The number of aromatic nitrogens is 2. The van der Waals surface area contributed by atoms with Crippen LogP contribution in [0.25, 0.3) is 0 Å². The van der Waals surface area contributed by atoms with Crippen LogP contribution >= 0.6 is 0 Å². The van der Waals surface area contributed by atoms with Crippen molar-refractivity contribution in [2.75, 3.05) is 32.5 Å². The van der Waals surface area contributed by atoms with E-state index in [1.807, 2.05) is 4.90 Å². The Morgan fingerprint density at radius 2 is 1.81 bits per heavy atom. The summed E-state index contributed by atoms with van der Waals surface area (Å²) in [5.74, 6) is -1.87. The highest BCUT2D eigenvalue weighted by Crippen LogP contribution is 2.41. The summed E-state index contributed by atoms with van der Waals surface area (Å²) in [6.07, 6.45) is -3.10. The molecule has 1 aromatic heterocycles. The maximum absolute atomic E-state index is 13.5. The molecule has 3 atom stereocenters. The number of nitrogens with one attached hydrogen (secondary N) is 1. The minimum atomic E-state index is -4.41. The summed E-state index contributed by atoms with van der Waals surface area (Å²) in [5.41, 5.74) is 0.483. The Bertz CT molecular complexity index is 892. The highest BCUT2D eigenvalue weighted by atomic mass is 19.4. The third-order valence-electron chi connectivity index (χ3n) is 6.35. The maximum atomic E-state index is 13.5. The van der Waals surface area contributed by atoms with Gasteiger partial charge in [-0.05, 0) is 32.7 Å². The van der Waals surface area contributed by atoms with Crippen molar-refractivity contribution < 1.29 is 27.6 Å². The number of likely N-dealkylation sites (tertiary alicyclic amines) is 1. The lowest BCUT2D eigenvalue weighted by molar-refractivity contribution is -0.173. The minimum absolute atomic E-state index is 0.0824. The number of amides is 4. The second-order valence-corrected chi connectivity index (χ2v) is 8.52. The monoisotopic (exact) mass is 442 g/mol. The molecule has 3 aliphatic heterocycles. The van der Waals surface area contributed by atoms with Crippen LogP contribution in [0.3, 0.4) is 0 Å². The van der Waals surface area contributed by atoms with Crippen molar-refractivity contribution in [3.8, 4) is 0 Å². The molecule has 170 valence electrons. The summed E-state index contributed by atoms with van der Waals surface area (Å²) >= 11 is 0. The molecule has 0 spiro atoms. The Hall–Kier alpha value is -2.63. The van der Waals surface area contributed by atoms with E-state index >= 15 is 0 Å². The lowest BCUT2D eigenvalue weighted by atomic mass is 10.0. The molecule has 0 aliphatic carbocycles. The molecule has 0 bridgehead atoms. The molecule has 12 heteroatoms. The normalized spacial score (nSPS) is 28.3. The van der Waals surface area contributed by atoms with E-state index in [1.54, 1.807) is 13.0 Å². The molecule has 1 aromatic rings. The minimum Gasteiger partial charge on any atom is -0.368 e. The van der Waals surface area contributed by atoms with Gasteiger partial charge in [-0.25, -0.2) is 9.48 Å². The van der Waals surface area contributed by atoms with Crippen LogP contribution in [0.4, 0.5) is 23.8 Å². The number of anilines is 1. The molecule has 0 saturated carbocycles. The van der Waals surface area contributed by atoms with Crippen molar-refractivity contribution in [3.63, 3.8) is 0 Å². The van der Waals surface area contributed by atoms with E-state index in [9.17, 15) is 27.6 Å². The van der Waals surface area contributed by atoms with Crippen molar-refractivity contribution in [3.05, 3.63) is 11.8 Å². The van der Waals surface area contributed by atoms with Gasteiger partial charge in [0, 0.05) is 32.7 Å². The molecule has 4 heterocycles. The molecule has 4 rings (SSSR count). The zero-order valence-electron chi connectivity index (χ0n) is 17.5. The van der Waals surface area contributed by atoms with Crippen LogP contribution in [0.1, 0.15) is 44.0 Å². The number of fused-ring (bicyclic) bond motifs is 1. The van der Waals surface area contributed by atoms with Gasteiger partial charge in [0.2, 0.25) is 11.8 Å². The number of urea groups is 1. The van der Waals surface area contributed by atoms with Gasteiger partial charge in [-0.15, -0.1) is 0 Å². The molecule has 1 N–H and O–H groups in total. The van der Waals surface area contributed by atoms with Gasteiger partial charge in [0.05, 0.1) is 11.7 Å². The first-order valence-electron chi connectivity index (χ1n) is 10.2. The topological polar surface area (TPSA) is 90.8 Å². The van der Waals surface area contributed by atoms with Gasteiger partial charge in [0.15, 0.2) is 6.04 Å². The summed E-state index contributed by atoms with van der Waals surface area (Å²) in [4.78, 5) is 40.8. The van der Waals surface area contributed by atoms with Crippen molar-refractivity contribution >= 4 is 23.7 Å². The van der Waals surface area contributed by atoms with Gasteiger partial charge >= 0.3 is 12.2 Å². The van der Waals surface area contributed by atoms with E-state index in [0.717, 1.165) is 20.9 Å². The van der Waals surface area contributed by atoms with Crippen LogP contribution in [0, 0.1) is 5.92 Å². The molecule has 2 saturated heterocycles. The van der Waals surface area contributed by atoms with Crippen LogP contribution in [-0.4, -0.2) is 81.7 Å². The fourth-order valence-electron chi connectivity index (χ4n) is 4.70. The van der Waals surface area contributed by atoms with Crippen molar-refractivity contribution in [1.82, 2.24) is 24.5 Å². The molecular weight excluding hydrogens is 417 g/mol. The van der Waals surface area contributed by atoms with Gasteiger partial charge in [-0.1, -0.05) is 0 Å². The molecule has 0 unspecified atom stereocenters. The van der Waals surface area contributed by atoms with E-state index in [-0.39, 0.29) is 25.0 Å². The van der Waals surface area contributed by atoms with Crippen molar-refractivity contribution in [1.29, 1.82) is 0 Å². The van der Waals surface area contributed by atoms with Gasteiger partial charge in [-0.3, -0.25) is 24.3 Å². The van der Waals surface area contributed by atoms with Crippen LogP contribution < -0.4 is 5.32 Å². The number of carbonyl (C=O) groups excluding carboxylic acids is 3. The number of imide groups is 2. The first-order chi connectivity index (χ1) is 14.5. The van der Waals surface area contributed by atoms with Gasteiger partial charge in [0.1, 0.15) is 11.7 Å². The fraction of sp³-hybridized carbons (Fsp3) is 0.684. The summed E-state index contributed by atoms with van der Waals surface area (Å²) < 4.78 is 41.6. The average molecular weight is 442 g/mol. The number of nitrogens with zero attached hydrogens (tertiary/aromatic N) is 5. The molecule has 0 radical (unpaired) electrons. The fourth-order valence-corrected chi connectivity index (χ4v) is 4.70. The number of barbiturate groups is 1. The molecule has 3 aliphatic rings. The van der Waals surface area contributed by atoms with E-state index in [4.69, 9.17) is 0 Å². The maximum Gasteiger partial charge on any atom is 0.410 e. The zero-order valence-corrected chi connectivity index (χ0v) is 17.5. The van der Waals surface area contributed by atoms with Crippen LogP contribution in [0.2, 0.25) is 0 Å². The average Bonchev–Trinajstić information content (AvgIpc) is 3.33. The number of alkyl halides is 3. The highest BCUT2D eigenvalue weighted by molar-refractivity contribution is 6.15. The smallest absolute Gasteiger partial charge is 0.368 e. The van der Waals surface area contributed by atoms with E-state index < -0.39 is 36.0 Å². The lowest BCUT2D eigenvalue weighted by Crippen LogP contribution is -2.59. The number of rotatable bonds is 3. The zero-order chi connectivity index (χ0) is 22.7. The van der Waals surface area contributed by atoms with Crippen LogP contribution in [0.15, 0.2) is 6.07 Å². The summed E-state index contributed by atoms with van der Waals surface area (Å²) in [5, 5.41) is 7.34. The molecule has 2 fully saturated rings. The SMILES string of the molecule is C[C@@H]1C[C@H](C(F)(F)F)n2nc([C@@H]3CCCN3CC3C(=O)N(C)C(=O)N(C)C3=O)cc2N1. The molecule has 9 nitrogen and oxygen atoms in total. The van der Waals surface area contributed by atoms with Crippen LogP contribution in [0.5, 0.6) is 0 Å². The van der Waals surface area contributed by atoms with E-state index in [0.29, 0.717) is 24.5 Å². The Kier molecular flexibility index (Phi) is 5.23. The highest BCUT2D eigenvalue weighted by Gasteiger charge is 2.47. The van der Waals surface area contributed by atoms with Crippen molar-refractivity contribution in [2.45, 2.75) is 50.5 Å². The third kappa shape index (κ3) is 3.66. The Balaban J connectivity index is 1.58. The predicted octanol–water partition coefficient (Wildman–Crippen LogP) is 1.99. The van der Waals surface area contributed by atoms with Crippen molar-refractivity contribution in [2.24, 2.45) is 5.92 Å². The molecular formula is C19H25F3N6O3. The first-order valence-corrected chi connectivity index (χ1v) is 10.2. The molecule has 0 aromatic carbocycles. The number of halogens is 3. The largest absolute Gasteiger partial charge is 0.410 e. The molecule has 4 amide bonds. The quantitative estimate of drug-likeness (QED) is 0.721. The number of hydrogen-bond donors (Lipinski definition) is 1. The standard InChI is InChI=1S/C19H25F3N6O3/c1-10-7-14(19(20,21)22)28-15(23-10)8-12(24-28)13-5-4-6-27(13)9-11-16(29)25(2)18(31)26(3)17(11)30/h8,10-11,13-14,23H,4-7,9H2,1-3H3/t10-,13+,14-/m1/s1. The Labute approximate surface area is 177 Å². The van der Waals surface area contributed by atoms with Gasteiger partial charge < -0.3 is 5.32 Å². The summed E-state index contributed by atoms with van der Waals surface area (Å²) in [6, 6.07) is -1.40. The summed E-state index contributed by atoms with van der Waals surface area (Å²) in [7, 11) is 2.66. The Morgan fingerprint density at radius 3 is 2.42 bits per heavy atom. The third-order valence-corrected chi connectivity index (χ3v) is 6.35.